The lowest BCUT2D eigenvalue weighted by Crippen LogP contribution is -2.64. The molecule has 1 aliphatic carbocycles. The van der Waals surface area contributed by atoms with Gasteiger partial charge in [0, 0.05) is 24.9 Å². The zero-order chi connectivity index (χ0) is 23.2. The molecule has 0 unspecified atom stereocenters. The molecule has 3 aromatic rings. The minimum absolute atomic E-state index is 0.512. The van der Waals surface area contributed by atoms with Crippen molar-refractivity contribution < 1.29 is 19.1 Å². The average molecular weight is 452 g/mol. The Kier molecular flexibility index (Phi) is 4.98. The predicted molar refractivity (Wildman–Crippen MR) is 129 cm³/mol. The summed E-state index contributed by atoms with van der Waals surface area (Å²) in [6.45, 7) is 2.83. The summed E-state index contributed by atoms with van der Waals surface area (Å²) in [5, 5.41) is 14.2. The van der Waals surface area contributed by atoms with Gasteiger partial charge in [-0.1, -0.05) is 78.9 Å². The standard InChI is InChI=1S/C30H29NO3/c32-28(30(33)26-14-6-4-12-24(26)25-13-5-7-15-27(25)30)34-29-16-20-31(21-17-29,22-18-29)19-8-11-23-9-2-1-3-10-23/h1-10,12-15,19H,11,16-18,20-22H2/b19-8+. The van der Waals surface area contributed by atoms with Gasteiger partial charge in [0.1, 0.15) is 5.60 Å². The van der Waals surface area contributed by atoms with Crippen LogP contribution in [0, 0.1) is 0 Å². The number of benzene rings is 3. The lowest BCUT2D eigenvalue weighted by atomic mass is 9.80. The van der Waals surface area contributed by atoms with E-state index in [-0.39, 0.29) is 0 Å². The maximum absolute atomic E-state index is 14.2. The number of fused-ring (bicyclic) bond motifs is 6. The van der Waals surface area contributed by atoms with Crippen molar-refractivity contribution in [2.45, 2.75) is 36.9 Å². The molecule has 2 bridgehead atoms. The first-order valence-corrected chi connectivity index (χ1v) is 12.2. The average Bonchev–Trinajstić information content (AvgIpc) is 3.16. The van der Waals surface area contributed by atoms with Crippen LogP contribution in [0.25, 0.3) is 11.1 Å². The Labute approximate surface area is 200 Å². The van der Waals surface area contributed by atoms with E-state index in [1.807, 2.05) is 42.5 Å². The lowest BCUT2D eigenvalue weighted by Gasteiger charge is -2.53. The second-order valence-electron chi connectivity index (χ2n) is 10.1. The Morgan fingerprint density at radius 3 is 1.94 bits per heavy atom. The largest absolute Gasteiger partial charge is 0.834 e. The van der Waals surface area contributed by atoms with E-state index in [9.17, 15) is 9.90 Å². The molecule has 3 heterocycles. The summed E-state index contributed by atoms with van der Waals surface area (Å²) < 4.78 is 7.14. The molecule has 7 rings (SSSR count). The molecule has 0 amide bonds. The van der Waals surface area contributed by atoms with Gasteiger partial charge < -0.3 is 9.84 Å². The summed E-state index contributed by atoms with van der Waals surface area (Å²) in [7, 11) is 0. The molecule has 0 radical (unpaired) electrons. The number of rotatable bonds is 5. The maximum atomic E-state index is 14.2. The highest BCUT2D eigenvalue weighted by Crippen LogP contribution is 2.48. The minimum Gasteiger partial charge on any atom is -0.834 e. The normalized spacial score (nSPS) is 26.3. The van der Waals surface area contributed by atoms with Gasteiger partial charge in [0.05, 0.1) is 25.8 Å². The van der Waals surface area contributed by atoms with Gasteiger partial charge >= 0.3 is 5.97 Å². The van der Waals surface area contributed by atoms with E-state index >= 15 is 0 Å². The first kappa shape index (κ1) is 21.3. The van der Waals surface area contributed by atoms with E-state index in [1.54, 1.807) is 12.1 Å². The number of piperidine rings is 3. The molecule has 0 N–H and O–H groups in total. The van der Waals surface area contributed by atoms with Gasteiger partial charge in [-0.15, -0.1) is 0 Å². The Morgan fingerprint density at radius 2 is 1.35 bits per heavy atom. The molecule has 0 saturated carbocycles. The van der Waals surface area contributed by atoms with Crippen molar-refractivity contribution in [3.8, 4) is 11.1 Å². The minimum atomic E-state index is -2.00. The van der Waals surface area contributed by atoms with Crippen molar-refractivity contribution in [3.63, 3.8) is 0 Å². The number of hydrogen-bond acceptors (Lipinski definition) is 3. The van der Waals surface area contributed by atoms with E-state index in [2.05, 4.69) is 36.5 Å². The van der Waals surface area contributed by atoms with E-state index < -0.39 is 17.2 Å². The fourth-order valence-corrected chi connectivity index (χ4v) is 6.08. The van der Waals surface area contributed by atoms with Crippen molar-refractivity contribution in [3.05, 3.63) is 108 Å². The van der Waals surface area contributed by atoms with Crippen LogP contribution in [0.5, 0.6) is 0 Å². The third kappa shape index (κ3) is 3.32. The number of esters is 1. The molecular weight excluding hydrogens is 422 g/mol. The smallest absolute Gasteiger partial charge is 0.304 e. The fourth-order valence-electron chi connectivity index (χ4n) is 6.08. The van der Waals surface area contributed by atoms with Crippen molar-refractivity contribution in [2.75, 3.05) is 19.6 Å². The second kappa shape index (κ2) is 7.93. The number of carbonyl (C=O) groups excluding carboxylic acids is 1. The maximum Gasteiger partial charge on any atom is 0.304 e. The Balaban J connectivity index is 1.19. The summed E-state index contributed by atoms with van der Waals surface area (Å²) in [5.41, 5.74) is 1.50. The molecule has 0 atom stereocenters. The molecule has 3 fully saturated rings. The molecule has 3 saturated heterocycles. The van der Waals surface area contributed by atoms with Crippen LogP contribution >= 0.6 is 0 Å². The van der Waals surface area contributed by atoms with Gasteiger partial charge in [-0.2, -0.15) is 0 Å². The molecule has 34 heavy (non-hydrogen) atoms. The van der Waals surface area contributed by atoms with E-state index in [1.165, 1.54) is 5.56 Å². The summed E-state index contributed by atoms with van der Waals surface area (Å²) in [6.07, 6.45) is 7.95. The van der Waals surface area contributed by atoms with Gasteiger partial charge in [0.15, 0.2) is 0 Å². The van der Waals surface area contributed by atoms with Crippen LogP contribution in [-0.2, 0) is 21.6 Å². The third-order valence-electron chi connectivity index (χ3n) is 8.16. The molecule has 3 aliphatic heterocycles. The van der Waals surface area contributed by atoms with Crippen LogP contribution < -0.4 is 5.11 Å². The zero-order valence-electron chi connectivity index (χ0n) is 19.3. The van der Waals surface area contributed by atoms with Crippen LogP contribution in [0.15, 0.2) is 91.1 Å². The van der Waals surface area contributed by atoms with E-state index in [0.29, 0.717) is 11.1 Å². The van der Waals surface area contributed by atoms with Crippen molar-refractivity contribution >= 4 is 5.97 Å². The van der Waals surface area contributed by atoms with Crippen molar-refractivity contribution in [2.24, 2.45) is 0 Å². The van der Waals surface area contributed by atoms with Crippen LogP contribution in [-0.4, -0.2) is 35.7 Å². The first-order valence-electron chi connectivity index (χ1n) is 12.2. The molecule has 4 heteroatoms. The van der Waals surface area contributed by atoms with Gasteiger partial charge in [-0.25, -0.2) is 0 Å². The molecule has 0 spiro atoms. The van der Waals surface area contributed by atoms with Gasteiger partial charge in [-0.3, -0.25) is 9.28 Å². The predicted octanol–water partition coefficient (Wildman–Crippen LogP) is 4.32. The summed E-state index contributed by atoms with van der Waals surface area (Å²) >= 11 is 0. The Morgan fingerprint density at radius 1 is 0.824 bits per heavy atom. The first-order chi connectivity index (χ1) is 16.5. The quantitative estimate of drug-likeness (QED) is 0.429. The zero-order valence-corrected chi connectivity index (χ0v) is 19.3. The second-order valence-corrected chi connectivity index (χ2v) is 10.1. The van der Waals surface area contributed by atoms with Crippen LogP contribution in [0.2, 0.25) is 0 Å². The number of hydrogen-bond donors (Lipinski definition) is 0. The number of nitrogens with zero attached hydrogens (tertiary/aromatic N) is 1. The number of carbonyl (C=O) groups is 1. The van der Waals surface area contributed by atoms with Gasteiger partial charge in [0.25, 0.3) is 0 Å². The fraction of sp³-hybridized carbons (Fsp3) is 0.300. The summed E-state index contributed by atoms with van der Waals surface area (Å²) in [5.74, 6) is -0.647. The third-order valence-corrected chi connectivity index (χ3v) is 8.16. The lowest BCUT2D eigenvalue weighted by molar-refractivity contribution is -0.898. The SMILES string of the molecule is O=C(OC12CC[N+](/C=C/Cc3ccccc3)(CC1)CC2)C1([O-])c2ccccc2-c2ccccc21. The molecule has 3 aromatic carbocycles. The number of allylic oxidation sites excluding steroid dienone is 1. The van der Waals surface area contributed by atoms with Crippen LogP contribution in [0.3, 0.4) is 0 Å². The highest BCUT2D eigenvalue weighted by molar-refractivity contribution is 5.95. The summed E-state index contributed by atoms with van der Waals surface area (Å²) in [6, 6.07) is 25.4. The molecule has 4 nitrogen and oxygen atoms in total. The highest BCUT2D eigenvalue weighted by atomic mass is 16.6. The topological polar surface area (TPSA) is 49.4 Å². The van der Waals surface area contributed by atoms with Gasteiger partial charge in [0.2, 0.25) is 0 Å². The summed E-state index contributed by atoms with van der Waals surface area (Å²) in [4.78, 5) is 13.6. The molecule has 172 valence electrons. The molecule has 0 aromatic heterocycles. The van der Waals surface area contributed by atoms with E-state index in [4.69, 9.17) is 4.74 Å². The number of quaternary nitrogens is 1. The van der Waals surface area contributed by atoms with Crippen molar-refractivity contribution in [1.82, 2.24) is 0 Å². The molecular formula is C30H29NO3. The molecule has 4 aliphatic rings. The van der Waals surface area contributed by atoms with Crippen LogP contribution in [0.4, 0.5) is 0 Å². The number of ether oxygens (including phenoxy) is 1. The Hall–Kier alpha value is -3.21. The Bertz CT molecular complexity index is 1190. The monoisotopic (exact) mass is 451 g/mol. The van der Waals surface area contributed by atoms with Crippen LogP contribution in [0.1, 0.15) is 36.0 Å². The highest BCUT2D eigenvalue weighted by Gasteiger charge is 2.52. The van der Waals surface area contributed by atoms with Gasteiger partial charge in [-0.05, 0) is 40.3 Å². The van der Waals surface area contributed by atoms with E-state index in [0.717, 1.165) is 60.9 Å². The van der Waals surface area contributed by atoms with Crippen molar-refractivity contribution in [1.29, 1.82) is 0 Å².